The lowest BCUT2D eigenvalue weighted by molar-refractivity contribution is 0.0693. The molecule has 2 aromatic rings. The summed E-state index contributed by atoms with van der Waals surface area (Å²) >= 11 is 1.23. The lowest BCUT2D eigenvalue weighted by atomic mass is 10.3. The first kappa shape index (κ1) is 14.5. The Labute approximate surface area is 111 Å². The van der Waals surface area contributed by atoms with Crippen LogP contribution in [0.4, 0.5) is 0 Å². The summed E-state index contributed by atoms with van der Waals surface area (Å²) in [4.78, 5) is 23.5. The molecule has 0 saturated heterocycles. The fourth-order valence-corrected chi connectivity index (χ4v) is 1.93. The Morgan fingerprint density at radius 2 is 2.05 bits per heavy atom. The van der Waals surface area contributed by atoms with Crippen molar-refractivity contribution < 1.29 is 15.1 Å². The molecule has 98 valence electrons. The van der Waals surface area contributed by atoms with Gasteiger partial charge in [-0.1, -0.05) is 11.8 Å². The van der Waals surface area contributed by atoms with E-state index < -0.39 is 5.97 Å². The van der Waals surface area contributed by atoms with Crippen LogP contribution in [-0.2, 0) is 0 Å². The van der Waals surface area contributed by atoms with E-state index in [9.17, 15) is 4.79 Å². The number of pyridine rings is 1. The predicted octanol–water partition coefficient (Wildman–Crippen LogP) is 1.86. The molecule has 0 aliphatic heterocycles. The molecule has 2 N–H and O–H groups in total. The van der Waals surface area contributed by atoms with Crippen molar-refractivity contribution in [3.8, 4) is 0 Å². The monoisotopic (exact) mass is 280 g/mol. The first-order chi connectivity index (χ1) is 9.19. The maximum Gasteiger partial charge on any atom is 0.336 e. The number of rotatable bonds is 3. The van der Waals surface area contributed by atoms with Gasteiger partial charge in [0.15, 0.2) is 5.34 Å². The average molecular weight is 280 g/mol. The number of carbonyl (C=O) groups is 1. The third kappa shape index (κ3) is 4.68. The average Bonchev–Trinajstić information content (AvgIpc) is 2.41. The second-order valence-corrected chi connectivity index (χ2v) is 3.98. The molecule has 8 nitrogen and oxygen atoms in total. The Hall–Kier alpha value is -2.55. The predicted molar refractivity (Wildman–Crippen MR) is 64.9 cm³/mol. The fourth-order valence-electron chi connectivity index (χ4n) is 1.09. The molecular formula is C10H8N4O4S. The molecule has 0 unspecified atom stereocenters. The highest BCUT2D eigenvalue weighted by atomic mass is 32.2. The van der Waals surface area contributed by atoms with Gasteiger partial charge in [-0.05, 0) is 18.2 Å². The second-order valence-electron chi connectivity index (χ2n) is 2.92. The van der Waals surface area contributed by atoms with Crippen molar-refractivity contribution in [3.63, 3.8) is 0 Å². The Morgan fingerprint density at radius 1 is 1.32 bits per heavy atom. The first-order valence-corrected chi connectivity index (χ1v) is 5.60. The van der Waals surface area contributed by atoms with E-state index in [-0.39, 0.29) is 5.56 Å². The van der Waals surface area contributed by atoms with Gasteiger partial charge in [0.2, 0.25) is 0 Å². The molecular weight excluding hydrogens is 272 g/mol. The molecule has 0 aliphatic rings. The van der Waals surface area contributed by atoms with Gasteiger partial charge in [-0.15, -0.1) is 10.0 Å². The number of hydrogen-bond acceptors (Lipinski definition) is 7. The van der Waals surface area contributed by atoms with E-state index >= 15 is 0 Å². The van der Waals surface area contributed by atoms with Gasteiger partial charge >= 0.3 is 5.97 Å². The van der Waals surface area contributed by atoms with E-state index in [0.29, 0.717) is 9.92 Å². The maximum absolute atomic E-state index is 10.9. The van der Waals surface area contributed by atoms with Gasteiger partial charge in [0.05, 0.1) is 5.56 Å². The molecule has 2 aromatic heterocycles. The highest BCUT2D eigenvalue weighted by Gasteiger charge is 2.11. The molecule has 0 aromatic carbocycles. The van der Waals surface area contributed by atoms with E-state index in [0.717, 1.165) is 0 Å². The zero-order valence-corrected chi connectivity index (χ0v) is 10.2. The summed E-state index contributed by atoms with van der Waals surface area (Å²) in [6.45, 7) is 0. The highest BCUT2D eigenvalue weighted by Crippen LogP contribution is 2.27. The molecule has 2 rings (SSSR count). The molecule has 9 heteroatoms. The minimum absolute atomic E-state index is 0.214. The van der Waals surface area contributed by atoms with Crippen molar-refractivity contribution in [2.75, 3.05) is 0 Å². The molecule has 0 bridgehead atoms. The molecule has 19 heavy (non-hydrogen) atoms. The summed E-state index contributed by atoms with van der Waals surface area (Å²) in [6.07, 6.45) is 4.51. The van der Waals surface area contributed by atoms with Gasteiger partial charge in [-0.3, -0.25) is 4.98 Å². The van der Waals surface area contributed by atoms with Crippen LogP contribution >= 0.6 is 11.8 Å². The fraction of sp³-hybridized carbons (Fsp3) is 0. The Kier molecular flexibility index (Phi) is 5.89. The topological polar surface area (TPSA) is 126 Å². The number of aromatic carboxylic acids is 1. The van der Waals surface area contributed by atoms with Gasteiger partial charge in [-0.2, -0.15) is 5.10 Å². The Morgan fingerprint density at radius 3 is 2.63 bits per heavy atom. The minimum Gasteiger partial charge on any atom is -0.478 e. The lowest BCUT2D eigenvalue weighted by Crippen LogP contribution is -1.99. The number of aromatic nitrogens is 3. The standard InChI is InChI=1S/C10H7N3O2S.HNO2/c14-10(15)7-3-5-11-6-8(7)16-9-2-1-4-12-13-9;2-1-3/h1-6H,(H,14,15);(H,2,3). The lowest BCUT2D eigenvalue weighted by Gasteiger charge is -2.02. The van der Waals surface area contributed by atoms with Crippen molar-refractivity contribution in [2.24, 2.45) is 5.34 Å². The minimum atomic E-state index is -0.978. The van der Waals surface area contributed by atoms with Crippen LogP contribution in [0.5, 0.6) is 0 Å². The molecule has 0 saturated carbocycles. The van der Waals surface area contributed by atoms with E-state index in [1.807, 2.05) is 0 Å². The van der Waals surface area contributed by atoms with Gasteiger partial charge < -0.3 is 10.3 Å². The molecule has 0 fully saturated rings. The van der Waals surface area contributed by atoms with Crippen molar-refractivity contribution in [2.45, 2.75) is 9.92 Å². The summed E-state index contributed by atoms with van der Waals surface area (Å²) in [5.41, 5.74) is 0.214. The van der Waals surface area contributed by atoms with Crippen LogP contribution in [0, 0.1) is 4.91 Å². The summed E-state index contributed by atoms with van der Waals surface area (Å²) in [6, 6.07) is 4.96. The van der Waals surface area contributed by atoms with E-state index in [1.165, 1.54) is 35.6 Å². The van der Waals surface area contributed by atoms with E-state index in [1.54, 1.807) is 18.3 Å². The number of carboxylic acids is 1. The van der Waals surface area contributed by atoms with Crippen molar-refractivity contribution in [1.82, 2.24) is 15.2 Å². The van der Waals surface area contributed by atoms with Crippen LogP contribution in [0.1, 0.15) is 10.4 Å². The van der Waals surface area contributed by atoms with Crippen LogP contribution in [0.25, 0.3) is 0 Å². The molecule has 0 radical (unpaired) electrons. The Bertz CT molecular complexity index is 552. The molecule has 2 heterocycles. The van der Waals surface area contributed by atoms with Crippen LogP contribution in [0.15, 0.2) is 52.1 Å². The van der Waals surface area contributed by atoms with Crippen LogP contribution in [0.3, 0.4) is 0 Å². The normalized spacial score (nSPS) is 9.05. The van der Waals surface area contributed by atoms with Crippen LogP contribution < -0.4 is 0 Å². The molecule has 0 amide bonds. The molecule has 0 spiro atoms. The zero-order chi connectivity index (χ0) is 14.1. The first-order valence-electron chi connectivity index (χ1n) is 4.78. The van der Waals surface area contributed by atoms with Crippen molar-refractivity contribution in [3.05, 3.63) is 47.3 Å². The number of carboxylic acid groups (broad SMARTS) is 1. The maximum atomic E-state index is 10.9. The van der Waals surface area contributed by atoms with Gasteiger partial charge in [-0.25, -0.2) is 4.79 Å². The highest BCUT2D eigenvalue weighted by molar-refractivity contribution is 7.99. The SMILES string of the molecule is O=C(O)c1ccncc1Sc1cccnn1.O=NO. The summed E-state index contributed by atoms with van der Waals surface area (Å²) in [5, 5.41) is 25.1. The van der Waals surface area contributed by atoms with Crippen molar-refractivity contribution in [1.29, 1.82) is 0 Å². The largest absolute Gasteiger partial charge is 0.478 e. The number of nitrogens with zero attached hydrogens (tertiary/aromatic N) is 4. The third-order valence-corrected chi connectivity index (χ3v) is 2.75. The summed E-state index contributed by atoms with van der Waals surface area (Å²) < 4.78 is 0. The summed E-state index contributed by atoms with van der Waals surface area (Å²) in [7, 11) is 0. The summed E-state index contributed by atoms with van der Waals surface area (Å²) in [5.74, 6) is -0.978. The van der Waals surface area contributed by atoms with Gasteiger partial charge in [0.25, 0.3) is 0 Å². The smallest absolute Gasteiger partial charge is 0.336 e. The van der Waals surface area contributed by atoms with E-state index in [2.05, 4.69) is 15.2 Å². The second kappa shape index (κ2) is 7.71. The third-order valence-electron chi connectivity index (χ3n) is 1.78. The van der Waals surface area contributed by atoms with Gasteiger partial charge in [0, 0.05) is 23.5 Å². The quantitative estimate of drug-likeness (QED) is 0.644. The Balaban J connectivity index is 0.000000550. The van der Waals surface area contributed by atoms with Gasteiger partial charge in [0.1, 0.15) is 5.03 Å². The number of hydrogen-bond donors (Lipinski definition) is 2. The van der Waals surface area contributed by atoms with E-state index in [4.69, 9.17) is 15.2 Å². The van der Waals surface area contributed by atoms with Crippen LogP contribution in [-0.4, -0.2) is 31.5 Å². The van der Waals surface area contributed by atoms with Crippen LogP contribution in [0.2, 0.25) is 0 Å². The van der Waals surface area contributed by atoms with Crippen molar-refractivity contribution >= 4 is 17.7 Å². The zero-order valence-electron chi connectivity index (χ0n) is 9.37. The molecule has 0 aliphatic carbocycles. The molecule has 0 atom stereocenters.